The highest BCUT2D eigenvalue weighted by molar-refractivity contribution is 5.20. The fourth-order valence-corrected chi connectivity index (χ4v) is 10.4. The van der Waals surface area contributed by atoms with E-state index >= 15 is 0 Å². The molecule has 0 bridgehead atoms. The van der Waals surface area contributed by atoms with Gasteiger partial charge in [0, 0.05) is 0 Å². The lowest BCUT2D eigenvalue weighted by atomic mass is 9.35. The first-order valence-electron chi connectivity index (χ1n) is 13.8. The molecule has 3 N–H and O–H groups in total. The molecule has 0 amide bonds. The van der Waals surface area contributed by atoms with Crippen molar-refractivity contribution >= 4 is 0 Å². The van der Waals surface area contributed by atoms with E-state index in [1.54, 1.807) is 0 Å². The Kier molecular flexibility index (Phi) is 6.28. The number of rotatable bonds is 5. The van der Waals surface area contributed by atoms with Crippen LogP contribution in [0.1, 0.15) is 113 Å². The van der Waals surface area contributed by atoms with E-state index in [1.165, 1.54) is 18.4 Å². The highest BCUT2D eigenvalue weighted by Crippen LogP contribution is 2.75. The second-order valence-electron chi connectivity index (χ2n) is 14.5. The van der Waals surface area contributed by atoms with Crippen LogP contribution in [0, 0.1) is 45.3 Å². The molecule has 0 aromatic rings. The molecule has 0 radical (unpaired) electrons. The van der Waals surface area contributed by atoms with E-state index in [2.05, 4.69) is 48.1 Å². The average Bonchev–Trinajstić information content (AvgIpc) is 3.08. The van der Waals surface area contributed by atoms with Crippen LogP contribution in [-0.4, -0.2) is 33.1 Å². The molecule has 4 rings (SSSR count). The average molecular weight is 461 g/mol. The molecule has 0 aromatic heterocycles. The van der Waals surface area contributed by atoms with Gasteiger partial charge in [0.15, 0.2) is 0 Å². The molecule has 10 atom stereocenters. The van der Waals surface area contributed by atoms with Crippen LogP contribution in [0.3, 0.4) is 0 Å². The predicted molar refractivity (Wildman–Crippen MR) is 136 cm³/mol. The van der Waals surface area contributed by atoms with E-state index in [4.69, 9.17) is 0 Å². The molecule has 4 aliphatic carbocycles. The molecular formula is C30H52O3. The number of allylic oxidation sites excluding steroid dienone is 1. The van der Waals surface area contributed by atoms with Crippen molar-refractivity contribution in [1.29, 1.82) is 0 Å². The minimum atomic E-state index is -0.736. The highest BCUT2D eigenvalue weighted by atomic mass is 16.3. The lowest BCUT2D eigenvalue weighted by Crippen LogP contribution is -2.66. The molecule has 33 heavy (non-hydrogen) atoms. The molecule has 0 unspecified atom stereocenters. The van der Waals surface area contributed by atoms with Crippen LogP contribution in [0.25, 0.3) is 0 Å². The maximum Gasteiger partial charge on any atom is 0.0651 e. The van der Waals surface area contributed by atoms with Gasteiger partial charge < -0.3 is 15.3 Å². The van der Waals surface area contributed by atoms with Crippen LogP contribution in [0.2, 0.25) is 0 Å². The van der Waals surface area contributed by atoms with Crippen molar-refractivity contribution in [3.05, 3.63) is 12.2 Å². The molecule has 0 saturated heterocycles. The molecule has 0 heterocycles. The summed E-state index contributed by atoms with van der Waals surface area (Å²) in [6.45, 7) is 20.2. The van der Waals surface area contributed by atoms with Crippen LogP contribution in [0.4, 0.5) is 0 Å². The molecule has 4 fully saturated rings. The van der Waals surface area contributed by atoms with Crippen molar-refractivity contribution in [2.45, 2.75) is 130 Å². The number of hydrogen-bond acceptors (Lipinski definition) is 3. The zero-order valence-corrected chi connectivity index (χ0v) is 22.6. The van der Waals surface area contributed by atoms with Crippen molar-refractivity contribution in [3.8, 4) is 0 Å². The van der Waals surface area contributed by atoms with E-state index in [1.807, 2.05) is 6.92 Å². The van der Waals surface area contributed by atoms with Crippen LogP contribution >= 0.6 is 0 Å². The van der Waals surface area contributed by atoms with Crippen molar-refractivity contribution in [2.24, 2.45) is 45.3 Å². The fourth-order valence-electron chi connectivity index (χ4n) is 10.4. The van der Waals surface area contributed by atoms with E-state index < -0.39 is 5.60 Å². The molecule has 0 aliphatic heterocycles. The Bertz CT molecular complexity index is 771. The summed E-state index contributed by atoms with van der Waals surface area (Å²) >= 11 is 0. The summed E-state index contributed by atoms with van der Waals surface area (Å²) in [5.41, 5.74) is 0.755. The van der Waals surface area contributed by atoms with Crippen LogP contribution in [-0.2, 0) is 0 Å². The monoisotopic (exact) mass is 460 g/mol. The van der Waals surface area contributed by atoms with Crippen LogP contribution < -0.4 is 0 Å². The number of aliphatic hydroxyl groups is 3. The molecule has 4 saturated carbocycles. The van der Waals surface area contributed by atoms with Crippen molar-refractivity contribution in [2.75, 3.05) is 0 Å². The zero-order chi connectivity index (χ0) is 24.6. The van der Waals surface area contributed by atoms with Crippen molar-refractivity contribution < 1.29 is 15.3 Å². The third-order valence-corrected chi connectivity index (χ3v) is 12.5. The van der Waals surface area contributed by atoms with Gasteiger partial charge in [-0.2, -0.15) is 0 Å². The first-order valence-corrected chi connectivity index (χ1v) is 13.8. The van der Waals surface area contributed by atoms with Gasteiger partial charge in [-0.25, -0.2) is 0 Å². The van der Waals surface area contributed by atoms with Crippen LogP contribution in [0.5, 0.6) is 0 Å². The molecule has 0 aromatic carbocycles. The molecule has 3 nitrogen and oxygen atoms in total. The number of fused-ring (bicyclic) bond motifs is 5. The standard InChI is InChI=1S/C30H52O3/c1-19(2)10-9-14-30(8,33)20-11-16-29(7)25(20)21(31)18-23-27(5)15-13-24(32)26(3,4)22(27)12-17-28(23,29)6/h20-25,31-33H,1,9-18H2,2-8H3/t20-,21+,22-,23+,24-,25-,27-,28+,29+,30-/m0/s1. The molecule has 4 aliphatic rings. The third kappa shape index (κ3) is 3.61. The fraction of sp³-hybridized carbons (Fsp3) is 0.933. The Labute approximate surface area is 203 Å². The minimum absolute atomic E-state index is 0.0481. The Balaban J connectivity index is 1.65. The van der Waals surface area contributed by atoms with E-state index in [9.17, 15) is 15.3 Å². The van der Waals surface area contributed by atoms with Gasteiger partial charge in [0.2, 0.25) is 0 Å². The van der Waals surface area contributed by atoms with Gasteiger partial charge in [-0.3, -0.25) is 0 Å². The third-order valence-electron chi connectivity index (χ3n) is 12.5. The normalized spacial score (nSPS) is 50.6. The smallest absolute Gasteiger partial charge is 0.0651 e. The van der Waals surface area contributed by atoms with Crippen molar-refractivity contribution in [1.82, 2.24) is 0 Å². The van der Waals surface area contributed by atoms with Gasteiger partial charge in [0.05, 0.1) is 17.8 Å². The van der Waals surface area contributed by atoms with Gasteiger partial charge in [0.1, 0.15) is 0 Å². The molecule has 190 valence electrons. The summed E-state index contributed by atoms with van der Waals surface area (Å²) in [4.78, 5) is 0. The maximum atomic E-state index is 11.8. The second kappa shape index (κ2) is 8.07. The Morgan fingerprint density at radius 1 is 0.939 bits per heavy atom. The summed E-state index contributed by atoms with van der Waals surface area (Å²) in [6, 6.07) is 0. The Morgan fingerprint density at radius 2 is 1.58 bits per heavy atom. The summed E-state index contributed by atoms with van der Waals surface area (Å²) in [6.07, 6.45) is 9.43. The first kappa shape index (κ1) is 25.7. The van der Waals surface area contributed by atoms with Gasteiger partial charge in [0.25, 0.3) is 0 Å². The summed E-state index contributed by atoms with van der Waals surface area (Å²) in [7, 11) is 0. The zero-order valence-electron chi connectivity index (χ0n) is 22.6. The van der Waals surface area contributed by atoms with E-state index in [0.29, 0.717) is 11.8 Å². The van der Waals surface area contributed by atoms with Gasteiger partial charge in [-0.15, -0.1) is 6.58 Å². The summed E-state index contributed by atoms with van der Waals surface area (Å²) in [5, 5.41) is 34.3. The lowest BCUT2D eigenvalue weighted by Gasteiger charge is -2.70. The van der Waals surface area contributed by atoms with Crippen molar-refractivity contribution in [3.63, 3.8) is 0 Å². The summed E-state index contributed by atoms with van der Waals surface area (Å²) in [5.74, 6) is 1.30. The SMILES string of the molecule is C=C(C)CCC[C@](C)(O)[C@H]1CC[C@]2(C)[C@@H]1[C@H](O)C[C@@H]1[C@@]3(C)CC[C@H](O)C(C)(C)[C@@H]3CC[C@]12C. The highest BCUT2D eigenvalue weighted by Gasteiger charge is 2.71. The molecule has 3 heteroatoms. The van der Waals surface area contributed by atoms with Crippen LogP contribution in [0.15, 0.2) is 12.2 Å². The minimum Gasteiger partial charge on any atom is -0.393 e. The quantitative estimate of drug-likeness (QED) is 0.410. The number of hydrogen-bond donors (Lipinski definition) is 3. The largest absolute Gasteiger partial charge is 0.393 e. The summed E-state index contributed by atoms with van der Waals surface area (Å²) < 4.78 is 0. The second-order valence-corrected chi connectivity index (χ2v) is 14.5. The first-order chi connectivity index (χ1) is 15.1. The van der Waals surface area contributed by atoms with Gasteiger partial charge >= 0.3 is 0 Å². The Hall–Kier alpha value is -0.380. The lowest BCUT2D eigenvalue weighted by molar-refractivity contribution is -0.246. The Morgan fingerprint density at radius 3 is 2.21 bits per heavy atom. The van der Waals surface area contributed by atoms with Gasteiger partial charge in [-0.05, 0) is 123 Å². The predicted octanol–water partition coefficient (Wildman–Crippen LogP) is 6.50. The maximum absolute atomic E-state index is 11.8. The van der Waals surface area contributed by atoms with E-state index in [0.717, 1.165) is 51.4 Å². The molecular weight excluding hydrogens is 408 g/mol. The molecule has 0 spiro atoms. The number of aliphatic hydroxyl groups excluding tert-OH is 2. The topological polar surface area (TPSA) is 60.7 Å². The van der Waals surface area contributed by atoms with E-state index in [-0.39, 0.29) is 45.7 Å². The van der Waals surface area contributed by atoms with Gasteiger partial charge in [-0.1, -0.05) is 40.2 Å².